The second-order valence-electron chi connectivity index (χ2n) is 7.47. The summed E-state index contributed by atoms with van der Waals surface area (Å²) >= 11 is 0. The number of carbonyl (C=O) groups excluding carboxylic acids is 1. The summed E-state index contributed by atoms with van der Waals surface area (Å²) in [6.07, 6.45) is 0. The molecule has 2 aliphatic rings. The van der Waals surface area contributed by atoms with Gasteiger partial charge in [-0.05, 0) is 41.8 Å². The van der Waals surface area contributed by atoms with Crippen LogP contribution in [0.5, 0.6) is 11.5 Å². The zero-order valence-corrected chi connectivity index (χ0v) is 19.0. The number of hydrogen-bond acceptors (Lipinski definition) is 6. The highest BCUT2D eigenvalue weighted by molar-refractivity contribution is 6.05. The van der Waals surface area contributed by atoms with Crippen molar-refractivity contribution in [2.24, 2.45) is 0 Å². The summed E-state index contributed by atoms with van der Waals surface area (Å²) in [6, 6.07) is 12.1. The maximum atomic E-state index is 13.5. The van der Waals surface area contributed by atoms with Gasteiger partial charge in [0.2, 0.25) is 5.91 Å². The second-order valence-corrected chi connectivity index (χ2v) is 7.47. The number of nitrogens with one attached hydrogen (secondary N) is 4. The Labute approximate surface area is 195 Å². The lowest BCUT2D eigenvalue weighted by Gasteiger charge is -2.11. The smallest absolute Gasteiger partial charge is 0.245 e. The average Bonchev–Trinajstić information content (AvgIpc) is 3.39. The van der Waals surface area contributed by atoms with E-state index in [1.165, 1.54) is 12.1 Å². The number of carbonyl (C=O) groups is 1. The Bertz CT molecular complexity index is 1220. The average molecular weight is 471 g/mol. The van der Waals surface area contributed by atoms with Crippen LogP contribution in [0.25, 0.3) is 22.0 Å². The van der Waals surface area contributed by atoms with Crippen molar-refractivity contribution >= 4 is 28.2 Å². The van der Waals surface area contributed by atoms with E-state index in [1.807, 2.05) is 18.2 Å². The van der Waals surface area contributed by atoms with E-state index in [2.05, 4.69) is 20.8 Å². The Hall–Kier alpha value is -3.76. The summed E-state index contributed by atoms with van der Waals surface area (Å²) in [5.74, 6) is 1.44. The van der Waals surface area contributed by atoms with E-state index in [-0.39, 0.29) is 18.3 Å². The molecule has 2 aromatic carbocycles. The predicted octanol–water partition coefficient (Wildman–Crippen LogP) is 3.65. The third kappa shape index (κ3) is 5.41. The number of anilines is 2. The zero-order valence-electron chi connectivity index (χ0n) is 19.0. The number of methoxy groups -OCH3 is 1. The van der Waals surface area contributed by atoms with Gasteiger partial charge in [-0.3, -0.25) is 15.0 Å². The lowest BCUT2D eigenvalue weighted by atomic mass is 10.2. The highest BCUT2D eigenvalue weighted by atomic mass is 19.1. The van der Waals surface area contributed by atoms with Crippen LogP contribution in [-0.4, -0.2) is 63.3 Å². The van der Waals surface area contributed by atoms with Crippen molar-refractivity contribution in [3.05, 3.63) is 48.3 Å². The van der Waals surface area contributed by atoms with Crippen molar-refractivity contribution in [1.82, 2.24) is 15.5 Å². The first-order chi connectivity index (χ1) is 16.6. The number of fused-ring (bicyclic) bond motifs is 3. The first kappa shape index (κ1) is 23.4. The van der Waals surface area contributed by atoms with E-state index < -0.39 is 0 Å². The molecule has 1 aliphatic carbocycles. The molecule has 2 aromatic rings. The Balaban J connectivity index is 1.39. The van der Waals surface area contributed by atoms with Crippen molar-refractivity contribution in [3.63, 3.8) is 0 Å². The molecule has 9 nitrogen and oxygen atoms in total. The van der Waals surface area contributed by atoms with Crippen LogP contribution < -0.4 is 20.1 Å². The SMILES string of the molecule is CNC(=O)COCCOCCOc1cc2cc3c(Nc4cccc(F)c4)[nH][nH]c-3c2cc1OC. The van der Waals surface area contributed by atoms with Crippen molar-refractivity contribution in [2.45, 2.75) is 0 Å². The van der Waals surface area contributed by atoms with Crippen molar-refractivity contribution in [3.8, 4) is 22.8 Å². The highest BCUT2D eigenvalue weighted by Crippen LogP contribution is 2.42. The van der Waals surface area contributed by atoms with Crippen LogP contribution >= 0.6 is 0 Å². The number of halogens is 1. The molecule has 1 amide bonds. The van der Waals surface area contributed by atoms with Crippen molar-refractivity contribution < 1.29 is 28.1 Å². The number of aromatic nitrogens is 2. The number of hydrogen-bond donors (Lipinski definition) is 4. The molecule has 0 saturated carbocycles. The van der Waals surface area contributed by atoms with Crippen LogP contribution in [0.2, 0.25) is 0 Å². The maximum Gasteiger partial charge on any atom is 0.245 e. The third-order valence-corrected chi connectivity index (χ3v) is 5.22. The maximum absolute atomic E-state index is 13.5. The molecule has 0 spiro atoms. The summed E-state index contributed by atoms with van der Waals surface area (Å²) in [7, 11) is 3.15. The fraction of sp³-hybridized carbons (Fsp3) is 0.292. The van der Waals surface area contributed by atoms with E-state index in [4.69, 9.17) is 18.9 Å². The molecule has 0 aromatic heterocycles. The molecule has 34 heavy (non-hydrogen) atoms. The summed E-state index contributed by atoms with van der Waals surface area (Å²) in [4.78, 5) is 11.1. The van der Waals surface area contributed by atoms with Gasteiger partial charge in [-0.25, -0.2) is 4.39 Å². The Morgan fingerprint density at radius 3 is 2.62 bits per heavy atom. The third-order valence-electron chi connectivity index (χ3n) is 5.22. The number of aromatic amines is 2. The van der Waals surface area contributed by atoms with Gasteiger partial charge < -0.3 is 29.6 Å². The van der Waals surface area contributed by atoms with Crippen molar-refractivity contribution in [2.75, 3.05) is 52.5 Å². The van der Waals surface area contributed by atoms with E-state index in [0.29, 0.717) is 43.6 Å². The second kappa shape index (κ2) is 10.9. The van der Waals surface area contributed by atoms with Gasteiger partial charge >= 0.3 is 0 Å². The molecule has 4 rings (SSSR count). The van der Waals surface area contributed by atoms with Crippen LogP contribution in [0.3, 0.4) is 0 Å². The lowest BCUT2D eigenvalue weighted by Crippen LogP contribution is -2.24. The van der Waals surface area contributed by atoms with Crippen LogP contribution in [0.4, 0.5) is 15.9 Å². The highest BCUT2D eigenvalue weighted by Gasteiger charge is 2.19. The van der Waals surface area contributed by atoms with Gasteiger partial charge in [0.1, 0.15) is 24.8 Å². The van der Waals surface area contributed by atoms with E-state index in [1.54, 1.807) is 26.3 Å². The molecule has 1 aliphatic heterocycles. The topological polar surface area (TPSA) is 110 Å². The first-order valence-corrected chi connectivity index (χ1v) is 10.8. The van der Waals surface area contributed by atoms with Crippen LogP contribution in [0.15, 0.2) is 42.5 Å². The number of benzene rings is 2. The van der Waals surface area contributed by atoms with Gasteiger partial charge in [0, 0.05) is 23.7 Å². The van der Waals surface area contributed by atoms with Crippen molar-refractivity contribution in [1.29, 1.82) is 0 Å². The molecule has 0 unspecified atom stereocenters. The molecule has 1 heterocycles. The molecule has 180 valence electrons. The molecule has 4 N–H and O–H groups in total. The zero-order chi connectivity index (χ0) is 23.9. The first-order valence-electron chi connectivity index (χ1n) is 10.8. The minimum absolute atomic E-state index is 0.0124. The van der Waals surface area contributed by atoms with Gasteiger partial charge in [0.25, 0.3) is 0 Å². The summed E-state index contributed by atoms with van der Waals surface area (Å²) in [5.41, 5.74) is 2.47. The molecule has 0 radical (unpaired) electrons. The molecule has 0 fully saturated rings. The minimum atomic E-state index is -0.309. The Morgan fingerprint density at radius 1 is 1.00 bits per heavy atom. The molecular formula is C24H27FN4O5. The number of amides is 1. The Kier molecular flexibility index (Phi) is 7.51. The van der Waals surface area contributed by atoms with E-state index >= 15 is 0 Å². The standard InChI is InChI=1S/C24H27FN4O5/c1-26-22(30)14-33-7-6-32-8-9-34-21-11-15-10-19-23(18(15)13-20(21)31-2)28-29-24(19)27-17-5-3-4-16(25)12-17/h3-5,10-13,27-29H,6-9,14H2,1-2H3,(H,26,30). The monoisotopic (exact) mass is 470 g/mol. The lowest BCUT2D eigenvalue weighted by molar-refractivity contribution is -0.125. The number of rotatable bonds is 12. The normalized spacial score (nSPS) is 11.1. The molecular weight excluding hydrogens is 443 g/mol. The van der Waals surface area contributed by atoms with Gasteiger partial charge in [-0.2, -0.15) is 0 Å². The largest absolute Gasteiger partial charge is 0.493 e. The summed E-state index contributed by atoms with van der Waals surface area (Å²) in [5, 5.41) is 13.9. The molecule has 10 heteroatoms. The van der Waals surface area contributed by atoms with Crippen LogP contribution in [-0.2, 0) is 14.3 Å². The number of H-pyrrole nitrogens is 2. The quantitative estimate of drug-likeness (QED) is 0.235. The number of likely N-dealkylation sites (N-methyl/N-ethyl adjacent to an activating group) is 1. The summed E-state index contributed by atoms with van der Waals surface area (Å²) < 4.78 is 35.6. The van der Waals surface area contributed by atoms with Gasteiger partial charge in [0.05, 0.1) is 32.6 Å². The van der Waals surface area contributed by atoms with E-state index in [9.17, 15) is 9.18 Å². The fourth-order valence-electron chi connectivity index (χ4n) is 3.56. The van der Waals surface area contributed by atoms with Crippen LogP contribution in [0.1, 0.15) is 0 Å². The van der Waals surface area contributed by atoms with Gasteiger partial charge in [0.15, 0.2) is 11.5 Å². The molecule has 0 atom stereocenters. The van der Waals surface area contributed by atoms with E-state index in [0.717, 1.165) is 27.8 Å². The molecule has 0 bridgehead atoms. The minimum Gasteiger partial charge on any atom is -0.493 e. The fourth-order valence-corrected chi connectivity index (χ4v) is 3.56. The van der Waals surface area contributed by atoms with Gasteiger partial charge in [-0.15, -0.1) is 0 Å². The Morgan fingerprint density at radius 2 is 1.82 bits per heavy atom. The van der Waals surface area contributed by atoms with Gasteiger partial charge in [-0.1, -0.05) is 6.07 Å². The molecule has 0 saturated heterocycles. The number of ether oxygens (including phenoxy) is 4. The summed E-state index contributed by atoms with van der Waals surface area (Å²) in [6.45, 7) is 1.39. The van der Waals surface area contributed by atoms with Crippen LogP contribution in [0, 0.1) is 5.82 Å². The predicted molar refractivity (Wildman–Crippen MR) is 127 cm³/mol.